The topological polar surface area (TPSA) is 55.9 Å². The van der Waals surface area contributed by atoms with E-state index >= 15 is 0 Å². The van der Waals surface area contributed by atoms with Crippen LogP contribution in [0.5, 0.6) is 0 Å². The fraction of sp³-hybridized carbons (Fsp3) is 0.579. The zero-order chi connectivity index (χ0) is 18.8. The average Bonchev–Trinajstić information content (AvgIpc) is 2.56. The lowest BCUT2D eigenvalue weighted by molar-refractivity contribution is 0.0199. The van der Waals surface area contributed by atoms with Gasteiger partial charge in [-0.05, 0) is 44.5 Å². The van der Waals surface area contributed by atoms with Gasteiger partial charge in [0, 0.05) is 45.0 Å². The minimum atomic E-state index is -0.186. The van der Waals surface area contributed by atoms with Crippen molar-refractivity contribution in [2.45, 2.75) is 38.3 Å². The number of amides is 3. The van der Waals surface area contributed by atoms with Crippen molar-refractivity contribution in [3.63, 3.8) is 0 Å². The average molecular weight is 379 g/mol. The van der Waals surface area contributed by atoms with E-state index in [9.17, 15) is 9.59 Å². The molecular formula is C19H27ClN4O2. The first-order chi connectivity index (χ1) is 12.4. The number of benzene rings is 1. The van der Waals surface area contributed by atoms with E-state index in [1.54, 1.807) is 32.3 Å². The van der Waals surface area contributed by atoms with Crippen molar-refractivity contribution in [3.8, 4) is 0 Å². The minimum Gasteiger partial charge on any atom is -0.345 e. The quantitative estimate of drug-likeness (QED) is 0.879. The summed E-state index contributed by atoms with van der Waals surface area (Å²) in [5, 5.41) is 3.26. The summed E-state index contributed by atoms with van der Waals surface area (Å²) in [6.45, 7) is 4.92. The van der Waals surface area contributed by atoms with Crippen molar-refractivity contribution in [1.82, 2.24) is 14.7 Å². The molecule has 0 spiro atoms. The highest BCUT2D eigenvalue weighted by molar-refractivity contribution is 6.34. The molecule has 0 saturated carbocycles. The van der Waals surface area contributed by atoms with Gasteiger partial charge in [-0.3, -0.25) is 9.69 Å². The number of piperidine rings is 1. The summed E-state index contributed by atoms with van der Waals surface area (Å²) < 4.78 is 0. The smallest absolute Gasteiger partial charge is 0.321 e. The molecule has 26 heavy (non-hydrogen) atoms. The highest BCUT2D eigenvalue weighted by Crippen LogP contribution is 2.26. The number of rotatable bonds is 3. The van der Waals surface area contributed by atoms with Gasteiger partial charge >= 0.3 is 6.03 Å². The molecule has 142 valence electrons. The second kappa shape index (κ2) is 7.84. The third-order valence-electron chi connectivity index (χ3n) is 5.33. The number of nitrogens with zero attached hydrogens (tertiary/aromatic N) is 3. The summed E-state index contributed by atoms with van der Waals surface area (Å²) >= 11 is 6.12. The number of halogens is 1. The molecule has 1 atom stereocenters. The van der Waals surface area contributed by atoms with Crippen LogP contribution in [0.1, 0.15) is 36.5 Å². The Labute approximate surface area is 160 Å². The third kappa shape index (κ3) is 3.96. The Hall–Kier alpha value is -1.79. The van der Waals surface area contributed by atoms with E-state index in [1.165, 1.54) is 24.2 Å². The molecule has 1 aromatic carbocycles. The van der Waals surface area contributed by atoms with Crippen LogP contribution in [0, 0.1) is 0 Å². The summed E-state index contributed by atoms with van der Waals surface area (Å²) in [6, 6.07) is 5.93. The Morgan fingerprint density at radius 1 is 1.23 bits per heavy atom. The molecule has 2 fully saturated rings. The predicted molar refractivity (Wildman–Crippen MR) is 104 cm³/mol. The van der Waals surface area contributed by atoms with Crippen molar-refractivity contribution < 1.29 is 9.59 Å². The fourth-order valence-corrected chi connectivity index (χ4v) is 3.90. The van der Waals surface area contributed by atoms with E-state index in [0.717, 1.165) is 19.6 Å². The Morgan fingerprint density at radius 2 is 1.96 bits per heavy atom. The van der Waals surface area contributed by atoms with Crippen molar-refractivity contribution in [2.75, 3.05) is 39.0 Å². The number of hydrogen-bond donors (Lipinski definition) is 1. The van der Waals surface area contributed by atoms with E-state index in [1.807, 2.05) is 4.90 Å². The van der Waals surface area contributed by atoms with Crippen molar-refractivity contribution in [1.29, 1.82) is 0 Å². The summed E-state index contributed by atoms with van der Waals surface area (Å²) in [4.78, 5) is 30.4. The Kier molecular flexibility index (Phi) is 5.73. The van der Waals surface area contributed by atoms with Crippen LogP contribution < -0.4 is 5.32 Å². The number of carbonyl (C=O) groups is 2. The van der Waals surface area contributed by atoms with Gasteiger partial charge in [-0.15, -0.1) is 0 Å². The largest absolute Gasteiger partial charge is 0.345 e. The lowest BCUT2D eigenvalue weighted by atomic mass is 9.98. The second-order valence-corrected chi connectivity index (χ2v) is 7.87. The lowest BCUT2D eigenvalue weighted by Crippen LogP contribution is -2.64. The maximum atomic E-state index is 12.5. The van der Waals surface area contributed by atoms with E-state index in [-0.39, 0.29) is 11.9 Å². The highest BCUT2D eigenvalue weighted by Gasteiger charge is 2.37. The lowest BCUT2D eigenvalue weighted by Gasteiger charge is -2.49. The standard InChI is InChI=1S/C19H27ClN4O2/c1-13-6-4-5-9-24(13)15-11-23(12-15)19(26)21-14-7-8-17(20)16(10-14)18(25)22(2)3/h7-8,10,13,15H,4-6,9,11-12H2,1-3H3,(H,21,26)/t13-/m1/s1. The molecule has 3 rings (SSSR count). The number of carbonyl (C=O) groups excluding carboxylic acids is 2. The highest BCUT2D eigenvalue weighted by atomic mass is 35.5. The Bertz CT molecular complexity index is 688. The molecule has 3 amide bonds. The van der Waals surface area contributed by atoms with Gasteiger partial charge in [0.15, 0.2) is 0 Å². The van der Waals surface area contributed by atoms with Gasteiger partial charge in [0.05, 0.1) is 10.6 Å². The summed E-state index contributed by atoms with van der Waals surface area (Å²) in [6.07, 6.45) is 3.80. The van der Waals surface area contributed by atoms with Gasteiger partial charge in [-0.1, -0.05) is 18.0 Å². The van der Waals surface area contributed by atoms with Gasteiger partial charge in [0.25, 0.3) is 5.91 Å². The van der Waals surface area contributed by atoms with Gasteiger partial charge < -0.3 is 15.1 Å². The maximum absolute atomic E-state index is 12.5. The summed E-state index contributed by atoms with van der Waals surface area (Å²) in [7, 11) is 3.34. The monoisotopic (exact) mass is 378 g/mol. The predicted octanol–water partition coefficient (Wildman–Crippen LogP) is 3.13. The molecule has 6 nitrogen and oxygen atoms in total. The number of anilines is 1. The zero-order valence-corrected chi connectivity index (χ0v) is 16.4. The second-order valence-electron chi connectivity index (χ2n) is 7.47. The van der Waals surface area contributed by atoms with Crippen LogP contribution in [-0.2, 0) is 0 Å². The van der Waals surface area contributed by atoms with Crippen molar-refractivity contribution in [2.24, 2.45) is 0 Å². The van der Waals surface area contributed by atoms with Gasteiger partial charge in [-0.25, -0.2) is 4.79 Å². The Morgan fingerprint density at radius 3 is 2.62 bits per heavy atom. The van der Waals surface area contributed by atoms with Gasteiger partial charge in [0.2, 0.25) is 0 Å². The molecule has 7 heteroatoms. The number of nitrogens with one attached hydrogen (secondary N) is 1. The molecule has 0 radical (unpaired) electrons. The van der Waals surface area contributed by atoms with Crippen molar-refractivity contribution >= 4 is 29.2 Å². The van der Waals surface area contributed by atoms with Crippen LogP contribution in [0.25, 0.3) is 0 Å². The molecule has 2 aliphatic heterocycles. The molecule has 2 saturated heterocycles. The molecule has 1 N–H and O–H groups in total. The molecule has 0 unspecified atom stereocenters. The van der Waals surface area contributed by atoms with E-state index in [4.69, 9.17) is 11.6 Å². The van der Waals surface area contributed by atoms with E-state index in [2.05, 4.69) is 17.1 Å². The summed E-state index contributed by atoms with van der Waals surface area (Å²) in [5.41, 5.74) is 0.970. The van der Waals surface area contributed by atoms with Crippen LogP contribution in [0.2, 0.25) is 5.02 Å². The third-order valence-corrected chi connectivity index (χ3v) is 5.66. The maximum Gasteiger partial charge on any atom is 0.321 e. The van der Waals surface area contributed by atoms with Gasteiger partial charge in [0.1, 0.15) is 0 Å². The van der Waals surface area contributed by atoms with Crippen molar-refractivity contribution in [3.05, 3.63) is 28.8 Å². The number of urea groups is 1. The van der Waals surface area contributed by atoms with Crippen LogP contribution in [0.4, 0.5) is 10.5 Å². The SMILES string of the molecule is C[C@@H]1CCCCN1C1CN(C(=O)Nc2ccc(Cl)c(C(=O)N(C)C)c2)C1. The number of hydrogen-bond acceptors (Lipinski definition) is 3. The zero-order valence-electron chi connectivity index (χ0n) is 15.7. The minimum absolute atomic E-state index is 0.128. The van der Waals surface area contributed by atoms with Crippen LogP contribution in [-0.4, -0.2) is 72.5 Å². The first kappa shape index (κ1) is 19.0. The molecule has 0 aliphatic carbocycles. The molecule has 2 aliphatic rings. The molecule has 0 aromatic heterocycles. The Balaban J connectivity index is 1.58. The van der Waals surface area contributed by atoms with Gasteiger partial charge in [-0.2, -0.15) is 0 Å². The normalized spacial score (nSPS) is 21.2. The van der Waals surface area contributed by atoms with E-state index < -0.39 is 0 Å². The molecule has 1 aromatic rings. The van der Waals surface area contributed by atoms with E-state index in [0.29, 0.717) is 28.4 Å². The molecular weight excluding hydrogens is 352 g/mol. The summed E-state index contributed by atoms with van der Waals surface area (Å²) in [5.74, 6) is -0.186. The first-order valence-corrected chi connectivity index (χ1v) is 9.57. The number of likely N-dealkylation sites (tertiary alicyclic amines) is 2. The molecule has 2 heterocycles. The van der Waals surface area contributed by atoms with Crippen LogP contribution in [0.15, 0.2) is 18.2 Å². The van der Waals surface area contributed by atoms with Crippen LogP contribution in [0.3, 0.4) is 0 Å². The first-order valence-electron chi connectivity index (χ1n) is 9.19. The molecule has 0 bridgehead atoms. The fourth-order valence-electron chi connectivity index (χ4n) is 3.70. The van der Waals surface area contributed by atoms with Crippen LogP contribution >= 0.6 is 11.6 Å².